The first kappa shape index (κ1) is 16.5. The highest BCUT2D eigenvalue weighted by Gasteiger charge is 2.52. The van der Waals surface area contributed by atoms with E-state index in [4.69, 9.17) is 0 Å². The summed E-state index contributed by atoms with van der Waals surface area (Å²) < 4.78 is 0. The maximum Gasteiger partial charge on any atom is 0.250 e. The van der Waals surface area contributed by atoms with Crippen LogP contribution in [-0.4, -0.2) is 55.1 Å². The van der Waals surface area contributed by atoms with Crippen LogP contribution in [0.4, 0.5) is 5.69 Å². The van der Waals surface area contributed by atoms with Crippen LogP contribution in [-0.2, 0) is 9.59 Å². The molecule has 0 aliphatic carbocycles. The van der Waals surface area contributed by atoms with Gasteiger partial charge in [0.1, 0.15) is 12.1 Å². The molecule has 0 unspecified atom stereocenters. The Morgan fingerprint density at radius 1 is 1.29 bits per heavy atom. The summed E-state index contributed by atoms with van der Waals surface area (Å²) in [6.07, 6.45) is 3.14. The number of para-hydroxylation sites is 1. The van der Waals surface area contributed by atoms with Crippen LogP contribution in [0.25, 0.3) is 0 Å². The molecule has 1 aromatic rings. The highest BCUT2D eigenvalue weighted by molar-refractivity contribution is 5.96. The lowest BCUT2D eigenvalue weighted by Crippen LogP contribution is -2.55. The summed E-state index contributed by atoms with van der Waals surface area (Å²) in [7, 11) is 0. The van der Waals surface area contributed by atoms with E-state index in [1.165, 1.54) is 0 Å². The molecule has 1 aromatic carbocycles. The molecule has 2 saturated heterocycles. The van der Waals surface area contributed by atoms with Gasteiger partial charge in [-0.15, -0.1) is 6.58 Å². The molecule has 2 aliphatic heterocycles. The summed E-state index contributed by atoms with van der Waals surface area (Å²) in [5, 5.41) is 6.07. The quantitative estimate of drug-likeness (QED) is 0.782. The molecule has 6 nitrogen and oxygen atoms in total. The minimum absolute atomic E-state index is 0.0570. The molecular formula is C18H24N4O2. The lowest BCUT2D eigenvalue weighted by atomic mass is 9.86. The molecule has 6 heteroatoms. The lowest BCUT2D eigenvalue weighted by Gasteiger charge is -2.40. The van der Waals surface area contributed by atoms with Gasteiger partial charge in [0, 0.05) is 12.2 Å². The first-order chi connectivity index (χ1) is 11.7. The Hall–Kier alpha value is -2.34. The van der Waals surface area contributed by atoms with Crippen LogP contribution in [0.2, 0.25) is 0 Å². The van der Waals surface area contributed by atoms with Crippen molar-refractivity contribution in [3.05, 3.63) is 43.0 Å². The number of anilines is 1. The first-order valence-electron chi connectivity index (χ1n) is 8.38. The minimum Gasteiger partial charge on any atom is -0.351 e. The van der Waals surface area contributed by atoms with E-state index in [2.05, 4.69) is 22.1 Å². The Labute approximate surface area is 142 Å². The van der Waals surface area contributed by atoms with Crippen LogP contribution in [0.5, 0.6) is 0 Å². The third kappa shape index (κ3) is 3.01. The van der Waals surface area contributed by atoms with E-state index in [1.54, 1.807) is 11.0 Å². The van der Waals surface area contributed by atoms with Gasteiger partial charge in [-0.3, -0.25) is 9.59 Å². The molecule has 0 atom stereocenters. The van der Waals surface area contributed by atoms with Crippen molar-refractivity contribution in [2.24, 2.45) is 0 Å². The fourth-order valence-electron chi connectivity index (χ4n) is 3.58. The average Bonchev–Trinajstić information content (AvgIpc) is 2.87. The van der Waals surface area contributed by atoms with Gasteiger partial charge in [-0.25, -0.2) is 0 Å². The predicted octanol–water partition coefficient (Wildman–Crippen LogP) is 0.717. The Kier molecular flexibility index (Phi) is 4.85. The van der Waals surface area contributed by atoms with Gasteiger partial charge in [0.15, 0.2) is 0 Å². The zero-order valence-corrected chi connectivity index (χ0v) is 13.8. The van der Waals surface area contributed by atoms with E-state index < -0.39 is 5.54 Å². The predicted molar refractivity (Wildman–Crippen MR) is 93.5 cm³/mol. The van der Waals surface area contributed by atoms with Crippen molar-refractivity contribution in [2.75, 3.05) is 37.7 Å². The van der Waals surface area contributed by atoms with Crippen LogP contribution in [0.1, 0.15) is 12.8 Å². The van der Waals surface area contributed by atoms with Gasteiger partial charge in [-0.1, -0.05) is 24.3 Å². The smallest absolute Gasteiger partial charge is 0.250 e. The lowest BCUT2D eigenvalue weighted by molar-refractivity contribution is -0.136. The fourth-order valence-corrected chi connectivity index (χ4v) is 3.58. The Bertz CT molecular complexity index is 611. The highest BCUT2D eigenvalue weighted by atomic mass is 16.2. The topological polar surface area (TPSA) is 64.7 Å². The van der Waals surface area contributed by atoms with Crippen LogP contribution in [0.15, 0.2) is 43.0 Å². The third-order valence-electron chi connectivity index (χ3n) is 4.79. The van der Waals surface area contributed by atoms with Crippen molar-refractivity contribution in [1.29, 1.82) is 0 Å². The zero-order chi connectivity index (χ0) is 17.0. The van der Waals surface area contributed by atoms with Crippen molar-refractivity contribution >= 4 is 17.5 Å². The third-order valence-corrected chi connectivity index (χ3v) is 4.79. The summed E-state index contributed by atoms with van der Waals surface area (Å²) in [6.45, 7) is 6.16. The summed E-state index contributed by atoms with van der Waals surface area (Å²) in [4.78, 5) is 29.0. The summed E-state index contributed by atoms with van der Waals surface area (Å²) in [6, 6.07) is 9.98. The number of rotatable bonds is 5. The molecule has 128 valence electrons. The summed E-state index contributed by atoms with van der Waals surface area (Å²) in [5.74, 6) is -0.0937. The number of hydrogen-bond acceptors (Lipinski definition) is 4. The highest BCUT2D eigenvalue weighted by Crippen LogP contribution is 2.37. The second-order valence-electron chi connectivity index (χ2n) is 6.28. The second kappa shape index (κ2) is 7.05. The standard InChI is InChI=1S/C18H24N4O2/c1-2-10-20-16(23)13-21-14-22(15-6-4-3-5-7-15)18(17(21)24)8-11-19-12-9-18/h2-7,19H,1,8-14H2,(H,20,23). The average molecular weight is 328 g/mol. The molecule has 1 spiro atoms. The molecule has 24 heavy (non-hydrogen) atoms. The number of nitrogens with zero attached hydrogens (tertiary/aromatic N) is 2. The SMILES string of the molecule is C=CCNC(=O)CN1CN(c2ccccc2)C2(CCNCC2)C1=O. The van der Waals surface area contributed by atoms with Gasteiger partial charge in [-0.2, -0.15) is 0 Å². The molecule has 2 N–H and O–H groups in total. The van der Waals surface area contributed by atoms with E-state index in [9.17, 15) is 9.59 Å². The monoisotopic (exact) mass is 328 g/mol. The van der Waals surface area contributed by atoms with Gasteiger partial charge in [0.05, 0.1) is 6.67 Å². The van der Waals surface area contributed by atoms with Gasteiger partial charge in [0.2, 0.25) is 11.8 Å². The molecule has 0 radical (unpaired) electrons. The normalized spacial score (nSPS) is 19.6. The summed E-state index contributed by atoms with van der Waals surface area (Å²) in [5.41, 5.74) is 0.493. The maximum atomic E-state index is 13.1. The fraction of sp³-hybridized carbons (Fsp3) is 0.444. The minimum atomic E-state index is -0.536. The molecule has 2 heterocycles. The zero-order valence-electron chi connectivity index (χ0n) is 13.8. The number of piperidine rings is 1. The second-order valence-corrected chi connectivity index (χ2v) is 6.28. The Morgan fingerprint density at radius 3 is 2.67 bits per heavy atom. The number of carbonyl (C=O) groups excluding carboxylic acids is 2. The van der Waals surface area contributed by atoms with E-state index >= 15 is 0 Å². The summed E-state index contributed by atoms with van der Waals surface area (Å²) >= 11 is 0. The van der Waals surface area contributed by atoms with Crippen LogP contribution in [0.3, 0.4) is 0 Å². The number of hydrogen-bond donors (Lipinski definition) is 2. The maximum absolute atomic E-state index is 13.1. The molecular weight excluding hydrogens is 304 g/mol. The van der Waals surface area contributed by atoms with Gasteiger partial charge < -0.3 is 20.4 Å². The van der Waals surface area contributed by atoms with E-state index in [1.807, 2.05) is 30.3 Å². The van der Waals surface area contributed by atoms with E-state index in [0.717, 1.165) is 31.6 Å². The van der Waals surface area contributed by atoms with Gasteiger partial charge in [-0.05, 0) is 38.1 Å². The van der Waals surface area contributed by atoms with Crippen molar-refractivity contribution in [3.63, 3.8) is 0 Å². The molecule has 0 aromatic heterocycles. The van der Waals surface area contributed by atoms with Gasteiger partial charge in [0.25, 0.3) is 0 Å². The molecule has 2 aliphatic rings. The molecule has 0 saturated carbocycles. The largest absolute Gasteiger partial charge is 0.351 e. The number of carbonyl (C=O) groups is 2. The van der Waals surface area contributed by atoms with Crippen molar-refractivity contribution in [1.82, 2.24) is 15.5 Å². The molecule has 0 bridgehead atoms. The number of nitrogens with one attached hydrogen (secondary N) is 2. The molecule has 3 rings (SSSR count). The molecule has 2 amide bonds. The van der Waals surface area contributed by atoms with E-state index in [0.29, 0.717) is 13.2 Å². The van der Waals surface area contributed by atoms with Crippen molar-refractivity contribution in [3.8, 4) is 0 Å². The number of benzene rings is 1. The van der Waals surface area contributed by atoms with Crippen molar-refractivity contribution in [2.45, 2.75) is 18.4 Å². The Balaban J connectivity index is 1.83. The van der Waals surface area contributed by atoms with E-state index in [-0.39, 0.29) is 18.4 Å². The van der Waals surface area contributed by atoms with Crippen molar-refractivity contribution < 1.29 is 9.59 Å². The van der Waals surface area contributed by atoms with Crippen LogP contribution < -0.4 is 15.5 Å². The van der Waals surface area contributed by atoms with Crippen LogP contribution in [0, 0.1) is 0 Å². The first-order valence-corrected chi connectivity index (χ1v) is 8.38. The Morgan fingerprint density at radius 2 is 2.00 bits per heavy atom. The van der Waals surface area contributed by atoms with Gasteiger partial charge >= 0.3 is 0 Å². The number of amides is 2. The molecule has 2 fully saturated rings. The van der Waals surface area contributed by atoms with Crippen LogP contribution >= 0.6 is 0 Å².